The molecule has 0 radical (unpaired) electrons. The van der Waals surface area contributed by atoms with Crippen LogP contribution in [0.4, 0.5) is 4.39 Å². The number of fused-ring (bicyclic) bond motifs is 3. The Balaban J connectivity index is 1.66. The highest BCUT2D eigenvalue weighted by Crippen LogP contribution is 2.20. The molecule has 0 spiro atoms. The summed E-state index contributed by atoms with van der Waals surface area (Å²) in [6.07, 6.45) is 0.541. The highest BCUT2D eigenvalue weighted by atomic mass is 35.5. The predicted octanol–water partition coefficient (Wildman–Crippen LogP) is 3.32. The van der Waals surface area contributed by atoms with E-state index in [2.05, 4.69) is 10.4 Å². The van der Waals surface area contributed by atoms with Crippen LogP contribution < -0.4 is 10.9 Å². The molecule has 0 unspecified atom stereocenters. The summed E-state index contributed by atoms with van der Waals surface area (Å²) in [5.74, 6) is -0.119. The van der Waals surface area contributed by atoms with Crippen molar-refractivity contribution in [3.8, 4) is 0 Å². The third kappa shape index (κ3) is 3.61. The molecule has 0 aliphatic carbocycles. The summed E-state index contributed by atoms with van der Waals surface area (Å²) in [6.45, 7) is 1.94. The van der Waals surface area contributed by atoms with Gasteiger partial charge in [-0.2, -0.15) is 5.10 Å². The summed E-state index contributed by atoms with van der Waals surface area (Å²) < 4.78 is 16.4. The predicted molar refractivity (Wildman–Crippen MR) is 110 cm³/mol. The summed E-state index contributed by atoms with van der Waals surface area (Å²) >= 11 is 6.10. The van der Waals surface area contributed by atoms with Crippen molar-refractivity contribution in [3.63, 3.8) is 0 Å². The number of aryl methyl sites for hydroxylation is 1. The van der Waals surface area contributed by atoms with E-state index in [0.29, 0.717) is 33.7 Å². The number of benzene rings is 2. The zero-order chi connectivity index (χ0) is 20.5. The monoisotopic (exact) mass is 412 g/mol. The van der Waals surface area contributed by atoms with E-state index in [1.165, 1.54) is 12.1 Å². The quantitative estimate of drug-likeness (QED) is 0.546. The van der Waals surface area contributed by atoms with Crippen molar-refractivity contribution in [2.75, 3.05) is 0 Å². The van der Waals surface area contributed by atoms with E-state index < -0.39 is 5.56 Å². The van der Waals surface area contributed by atoms with Gasteiger partial charge in [0.2, 0.25) is 5.91 Å². The van der Waals surface area contributed by atoms with Crippen molar-refractivity contribution < 1.29 is 9.18 Å². The van der Waals surface area contributed by atoms with Crippen molar-refractivity contribution in [3.05, 3.63) is 81.1 Å². The molecule has 0 aliphatic heterocycles. The first-order chi connectivity index (χ1) is 14.0. The minimum atomic E-state index is -0.410. The first-order valence-corrected chi connectivity index (χ1v) is 9.56. The molecule has 2 aromatic heterocycles. The Morgan fingerprint density at radius 3 is 2.72 bits per heavy atom. The minimum Gasteiger partial charge on any atom is -0.350 e. The van der Waals surface area contributed by atoms with E-state index in [1.807, 2.05) is 25.1 Å². The van der Waals surface area contributed by atoms with Crippen LogP contribution >= 0.6 is 11.6 Å². The number of nitrogens with one attached hydrogen (secondary N) is 1. The van der Waals surface area contributed by atoms with Crippen molar-refractivity contribution in [1.82, 2.24) is 19.5 Å². The number of aromatic nitrogens is 3. The number of hydrogen-bond donors (Lipinski definition) is 1. The molecule has 2 heterocycles. The van der Waals surface area contributed by atoms with Crippen molar-refractivity contribution >= 4 is 33.9 Å². The third-order valence-electron chi connectivity index (χ3n) is 4.75. The smallest absolute Gasteiger partial charge is 0.291 e. The van der Waals surface area contributed by atoms with Crippen LogP contribution in [0.25, 0.3) is 16.4 Å². The Labute approximate surface area is 170 Å². The van der Waals surface area contributed by atoms with E-state index in [1.54, 1.807) is 22.6 Å². The molecular formula is C21H18ClFN4O2. The van der Waals surface area contributed by atoms with Gasteiger partial charge in [-0.3, -0.25) is 14.0 Å². The Kier molecular flexibility index (Phi) is 5.07. The normalized spacial score (nSPS) is 11.3. The zero-order valence-corrected chi connectivity index (χ0v) is 16.4. The molecule has 0 fully saturated rings. The zero-order valence-electron chi connectivity index (χ0n) is 15.7. The molecule has 0 atom stereocenters. The number of hydrogen-bond acceptors (Lipinski definition) is 3. The first kappa shape index (κ1) is 19.1. The van der Waals surface area contributed by atoms with Crippen LogP contribution in [0.5, 0.6) is 0 Å². The lowest BCUT2D eigenvalue weighted by Crippen LogP contribution is -2.35. The third-order valence-corrected chi connectivity index (χ3v) is 5.12. The lowest BCUT2D eigenvalue weighted by atomic mass is 10.2. The highest BCUT2D eigenvalue weighted by molar-refractivity contribution is 6.31. The van der Waals surface area contributed by atoms with Gasteiger partial charge in [0.15, 0.2) is 0 Å². The molecule has 29 heavy (non-hydrogen) atoms. The molecule has 1 amide bonds. The van der Waals surface area contributed by atoms with E-state index in [9.17, 15) is 14.0 Å². The molecule has 0 aliphatic rings. The van der Waals surface area contributed by atoms with Gasteiger partial charge in [0.25, 0.3) is 5.56 Å². The molecule has 6 nitrogen and oxygen atoms in total. The van der Waals surface area contributed by atoms with Crippen molar-refractivity contribution in [2.24, 2.45) is 0 Å². The van der Waals surface area contributed by atoms with Gasteiger partial charge in [-0.25, -0.2) is 9.07 Å². The first-order valence-electron chi connectivity index (χ1n) is 9.18. The van der Waals surface area contributed by atoms with Crippen LogP contribution in [0, 0.1) is 5.82 Å². The minimum absolute atomic E-state index is 0.220. The fraction of sp³-hybridized carbons (Fsp3) is 0.190. The number of rotatable bonds is 5. The molecule has 4 aromatic rings. The topological polar surface area (TPSA) is 68.4 Å². The lowest BCUT2D eigenvalue weighted by Gasteiger charge is -2.11. The van der Waals surface area contributed by atoms with Gasteiger partial charge in [-0.05, 0) is 35.9 Å². The summed E-state index contributed by atoms with van der Waals surface area (Å²) in [6, 6.07) is 13.2. The summed E-state index contributed by atoms with van der Waals surface area (Å²) in [5.41, 5.74) is 1.44. The summed E-state index contributed by atoms with van der Waals surface area (Å²) in [5, 5.41) is 8.29. The van der Waals surface area contributed by atoms with Crippen LogP contribution in [0.1, 0.15) is 18.3 Å². The summed E-state index contributed by atoms with van der Waals surface area (Å²) in [7, 11) is 0. The van der Waals surface area contributed by atoms with Gasteiger partial charge in [0, 0.05) is 23.4 Å². The lowest BCUT2D eigenvalue weighted by molar-refractivity contribution is -0.122. The average molecular weight is 413 g/mol. The standard InChI is InChI=1S/C21H18ClFN4O2/c1-2-19-25-26(12-20(28)24-11-13-5-3-4-6-16(13)22)21(29)18-10-14-9-15(23)7-8-17(14)27(18)19/h3-10H,2,11-12H2,1H3,(H,24,28). The van der Waals surface area contributed by atoms with E-state index in [0.717, 1.165) is 10.2 Å². The molecule has 2 aromatic carbocycles. The molecule has 0 bridgehead atoms. The molecule has 4 rings (SSSR count). The van der Waals surface area contributed by atoms with Crippen LogP contribution in [0.15, 0.2) is 53.3 Å². The Bertz CT molecular complexity index is 1300. The second-order valence-corrected chi connectivity index (χ2v) is 7.08. The number of halogens is 2. The second-order valence-electron chi connectivity index (χ2n) is 6.67. The van der Waals surface area contributed by atoms with Crippen LogP contribution in [-0.4, -0.2) is 20.1 Å². The maximum atomic E-state index is 13.6. The molecule has 148 valence electrons. The number of amides is 1. The number of nitrogens with zero attached hydrogens (tertiary/aromatic N) is 3. The van der Waals surface area contributed by atoms with Gasteiger partial charge in [0.1, 0.15) is 23.7 Å². The fourth-order valence-electron chi connectivity index (χ4n) is 3.35. The van der Waals surface area contributed by atoms with E-state index in [4.69, 9.17) is 11.6 Å². The molecule has 0 saturated heterocycles. The van der Waals surface area contributed by atoms with Gasteiger partial charge in [-0.15, -0.1) is 0 Å². The Hall–Kier alpha value is -3.19. The molecular weight excluding hydrogens is 395 g/mol. The van der Waals surface area contributed by atoms with Gasteiger partial charge < -0.3 is 5.32 Å². The molecule has 0 saturated carbocycles. The van der Waals surface area contributed by atoms with E-state index >= 15 is 0 Å². The van der Waals surface area contributed by atoms with Crippen molar-refractivity contribution in [1.29, 1.82) is 0 Å². The van der Waals surface area contributed by atoms with Crippen LogP contribution in [0.2, 0.25) is 5.02 Å². The van der Waals surface area contributed by atoms with Gasteiger partial charge in [0.05, 0.1) is 5.52 Å². The van der Waals surface area contributed by atoms with Gasteiger partial charge in [-0.1, -0.05) is 36.7 Å². The number of carbonyl (C=O) groups is 1. The maximum Gasteiger partial charge on any atom is 0.291 e. The van der Waals surface area contributed by atoms with Gasteiger partial charge >= 0.3 is 0 Å². The molecule has 1 N–H and O–H groups in total. The molecule has 8 heteroatoms. The maximum absolute atomic E-state index is 13.6. The van der Waals surface area contributed by atoms with Crippen molar-refractivity contribution in [2.45, 2.75) is 26.4 Å². The number of carbonyl (C=O) groups excluding carboxylic acids is 1. The van der Waals surface area contributed by atoms with E-state index in [-0.39, 0.29) is 24.8 Å². The summed E-state index contributed by atoms with van der Waals surface area (Å²) in [4.78, 5) is 25.3. The fourth-order valence-corrected chi connectivity index (χ4v) is 3.55. The highest BCUT2D eigenvalue weighted by Gasteiger charge is 2.15. The van der Waals surface area contributed by atoms with Crippen LogP contribution in [0.3, 0.4) is 0 Å². The Morgan fingerprint density at radius 1 is 1.17 bits per heavy atom. The Morgan fingerprint density at radius 2 is 1.97 bits per heavy atom. The average Bonchev–Trinajstić information content (AvgIpc) is 3.08. The van der Waals surface area contributed by atoms with Crippen LogP contribution in [-0.2, 0) is 24.3 Å². The second kappa shape index (κ2) is 7.67. The largest absolute Gasteiger partial charge is 0.350 e. The SMILES string of the molecule is CCc1nn(CC(=O)NCc2ccccc2Cl)c(=O)c2cc3cc(F)ccc3n12.